The first-order valence-electron chi connectivity index (χ1n) is 6.71. The van der Waals surface area contributed by atoms with Crippen LogP contribution in [0.3, 0.4) is 0 Å². The van der Waals surface area contributed by atoms with Crippen LogP contribution in [-0.4, -0.2) is 29.1 Å². The van der Waals surface area contributed by atoms with E-state index in [1.807, 2.05) is 11.9 Å². The Balaban J connectivity index is 2.24. The molecule has 5 heteroatoms. The molecule has 0 saturated heterocycles. The number of carboxylic acid groups (broad SMARTS) is 1. The van der Waals surface area contributed by atoms with Gasteiger partial charge in [-0.2, -0.15) is 0 Å². The number of rotatable bonds is 3. The Bertz CT molecular complexity index is 476. The van der Waals surface area contributed by atoms with Crippen LogP contribution in [0.1, 0.15) is 43.1 Å². The van der Waals surface area contributed by atoms with E-state index in [0.29, 0.717) is 23.5 Å². The average molecular weight is 263 g/mol. The summed E-state index contributed by atoms with van der Waals surface area (Å²) in [6, 6.07) is 3.45. The molecule has 0 aromatic carbocycles. The molecule has 1 aliphatic carbocycles. The van der Waals surface area contributed by atoms with Crippen LogP contribution in [0.2, 0.25) is 0 Å². The number of pyridine rings is 1. The summed E-state index contributed by atoms with van der Waals surface area (Å²) in [5.74, 6) is 0.260. The maximum Gasteiger partial charge on any atom is 0.354 e. The highest BCUT2D eigenvalue weighted by atomic mass is 16.4. The van der Waals surface area contributed by atoms with E-state index in [0.717, 1.165) is 12.8 Å². The van der Waals surface area contributed by atoms with Crippen LogP contribution in [0.5, 0.6) is 0 Å². The van der Waals surface area contributed by atoms with Gasteiger partial charge in [-0.3, -0.25) is 0 Å². The maximum absolute atomic E-state index is 11.0. The Hall–Kier alpha value is -1.78. The second kappa shape index (κ2) is 5.47. The SMILES string of the molecule is CC1CCCC(N(C)c2nc(C(=O)O)ccc2N)C1. The molecule has 1 heterocycles. The van der Waals surface area contributed by atoms with E-state index in [1.54, 1.807) is 6.07 Å². The number of carboxylic acids is 1. The molecule has 0 spiro atoms. The summed E-state index contributed by atoms with van der Waals surface area (Å²) in [4.78, 5) is 17.2. The molecule has 1 aliphatic rings. The third-order valence-corrected chi connectivity index (χ3v) is 3.91. The van der Waals surface area contributed by atoms with Gasteiger partial charge in [0.2, 0.25) is 0 Å². The van der Waals surface area contributed by atoms with E-state index in [1.165, 1.54) is 18.9 Å². The standard InChI is InChI=1S/C14H21N3O2/c1-9-4-3-5-10(8-9)17(2)13-11(15)6-7-12(16-13)14(18)19/h6-7,9-10H,3-5,8,15H2,1-2H3,(H,18,19). The molecule has 0 aliphatic heterocycles. The lowest BCUT2D eigenvalue weighted by Gasteiger charge is -2.35. The summed E-state index contributed by atoms with van der Waals surface area (Å²) in [6.07, 6.45) is 4.69. The second-order valence-electron chi connectivity index (χ2n) is 5.45. The van der Waals surface area contributed by atoms with E-state index >= 15 is 0 Å². The maximum atomic E-state index is 11.0. The molecule has 1 fully saturated rings. The Kier molecular flexibility index (Phi) is 3.93. The number of aromatic carboxylic acids is 1. The van der Waals surface area contributed by atoms with Crippen molar-refractivity contribution in [2.45, 2.75) is 38.6 Å². The summed E-state index contributed by atoms with van der Waals surface area (Å²) in [5, 5.41) is 9.01. The molecule has 2 rings (SSSR count). The van der Waals surface area contributed by atoms with Gasteiger partial charge in [-0.05, 0) is 30.9 Å². The van der Waals surface area contributed by atoms with Crippen molar-refractivity contribution in [3.05, 3.63) is 17.8 Å². The predicted octanol–water partition coefficient (Wildman–Crippen LogP) is 2.38. The van der Waals surface area contributed by atoms with Gasteiger partial charge in [-0.15, -0.1) is 0 Å². The van der Waals surface area contributed by atoms with E-state index in [-0.39, 0.29) is 5.69 Å². The number of anilines is 2. The van der Waals surface area contributed by atoms with Gasteiger partial charge in [0, 0.05) is 13.1 Å². The molecular formula is C14H21N3O2. The molecule has 0 radical (unpaired) electrons. The highest BCUT2D eigenvalue weighted by Crippen LogP contribution is 2.31. The van der Waals surface area contributed by atoms with Crippen molar-refractivity contribution in [1.82, 2.24) is 4.98 Å². The molecule has 1 aromatic rings. The average Bonchev–Trinajstić information content (AvgIpc) is 2.38. The fourth-order valence-electron chi connectivity index (χ4n) is 2.79. The van der Waals surface area contributed by atoms with Crippen molar-refractivity contribution in [1.29, 1.82) is 0 Å². The highest BCUT2D eigenvalue weighted by Gasteiger charge is 2.24. The molecule has 5 nitrogen and oxygen atoms in total. The fraction of sp³-hybridized carbons (Fsp3) is 0.571. The van der Waals surface area contributed by atoms with Gasteiger partial charge < -0.3 is 15.7 Å². The first-order chi connectivity index (χ1) is 8.99. The summed E-state index contributed by atoms with van der Waals surface area (Å²) in [6.45, 7) is 2.25. The van der Waals surface area contributed by atoms with Crippen LogP contribution in [0.15, 0.2) is 12.1 Å². The summed E-state index contributed by atoms with van der Waals surface area (Å²) >= 11 is 0. The monoisotopic (exact) mass is 263 g/mol. The van der Waals surface area contributed by atoms with Crippen molar-refractivity contribution < 1.29 is 9.90 Å². The minimum atomic E-state index is -1.02. The van der Waals surface area contributed by atoms with Crippen LogP contribution in [-0.2, 0) is 0 Å². The number of hydrogen-bond acceptors (Lipinski definition) is 4. The minimum absolute atomic E-state index is 0.0416. The van der Waals surface area contributed by atoms with Crippen molar-refractivity contribution >= 4 is 17.5 Å². The molecule has 0 amide bonds. The molecule has 0 bridgehead atoms. The summed E-state index contributed by atoms with van der Waals surface area (Å²) < 4.78 is 0. The Morgan fingerprint density at radius 1 is 1.47 bits per heavy atom. The predicted molar refractivity (Wildman–Crippen MR) is 75.4 cm³/mol. The number of nitrogens with two attached hydrogens (primary N) is 1. The smallest absolute Gasteiger partial charge is 0.354 e. The van der Waals surface area contributed by atoms with Gasteiger partial charge in [0.1, 0.15) is 0 Å². The number of nitrogens with zero attached hydrogens (tertiary/aromatic N) is 2. The molecule has 2 unspecified atom stereocenters. The largest absolute Gasteiger partial charge is 0.477 e. The molecule has 1 aromatic heterocycles. The second-order valence-corrected chi connectivity index (χ2v) is 5.45. The zero-order valence-corrected chi connectivity index (χ0v) is 11.5. The van der Waals surface area contributed by atoms with E-state index in [9.17, 15) is 4.79 Å². The fourth-order valence-corrected chi connectivity index (χ4v) is 2.79. The molecule has 104 valence electrons. The lowest BCUT2D eigenvalue weighted by molar-refractivity contribution is 0.0690. The van der Waals surface area contributed by atoms with Gasteiger partial charge in [-0.25, -0.2) is 9.78 Å². The zero-order valence-electron chi connectivity index (χ0n) is 11.5. The Labute approximate surface area is 113 Å². The van der Waals surface area contributed by atoms with E-state index < -0.39 is 5.97 Å². The summed E-state index contributed by atoms with van der Waals surface area (Å²) in [5.41, 5.74) is 6.51. The number of aromatic nitrogens is 1. The quantitative estimate of drug-likeness (QED) is 0.875. The van der Waals surface area contributed by atoms with Gasteiger partial charge in [0.25, 0.3) is 0 Å². The first-order valence-corrected chi connectivity index (χ1v) is 6.71. The van der Waals surface area contributed by atoms with Crippen LogP contribution in [0.4, 0.5) is 11.5 Å². The van der Waals surface area contributed by atoms with Crippen molar-refractivity contribution in [3.8, 4) is 0 Å². The zero-order chi connectivity index (χ0) is 14.0. The third-order valence-electron chi connectivity index (χ3n) is 3.91. The topological polar surface area (TPSA) is 79.5 Å². The number of nitrogen functional groups attached to an aromatic ring is 1. The van der Waals surface area contributed by atoms with Gasteiger partial charge in [0.05, 0.1) is 5.69 Å². The van der Waals surface area contributed by atoms with Gasteiger partial charge in [-0.1, -0.05) is 19.8 Å². The number of hydrogen-bond donors (Lipinski definition) is 2. The van der Waals surface area contributed by atoms with Crippen LogP contribution < -0.4 is 10.6 Å². The number of carbonyl (C=O) groups is 1. The van der Waals surface area contributed by atoms with Crippen molar-refractivity contribution in [2.75, 3.05) is 17.7 Å². The molecule has 19 heavy (non-hydrogen) atoms. The first kappa shape index (κ1) is 13.6. The summed E-state index contributed by atoms with van der Waals surface area (Å²) in [7, 11) is 1.95. The molecular weight excluding hydrogens is 242 g/mol. The normalized spacial score (nSPS) is 23.1. The van der Waals surface area contributed by atoms with E-state index in [4.69, 9.17) is 10.8 Å². The van der Waals surface area contributed by atoms with Crippen LogP contribution in [0, 0.1) is 5.92 Å². The van der Waals surface area contributed by atoms with Gasteiger partial charge in [0.15, 0.2) is 11.5 Å². The van der Waals surface area contributed by atoms with E-state index in [2.05, 4.69) is 11.9 Å². The Morgan fingerprint density at radius 3 is 2.84 bits per heavy atom. The highest BCUT2D eigenvalue weighted by molar-refractivity contribution is 5.87. The van der Waals surface area contributed by atoms with Crippen molar-refractivity contribution in [2.24, 2.45) is 5.92 Å². The molecule has 2 atom stereocenters. The molecule has 3 N–H and O–H groups in total. The lowest BCUT2D eigenvalue weighted by Crippen LogP contribution is -2.36. The van der Waals surface area contributed by atoms with Crippen LogP contribution in [0.25, 0.3) is 0 Å². The van der Waals surface area contributed by atoms with Crippen molar-refractivity contribution in [3.63, 3.8) is 0 Å². The minimum Gasteiger partial charge on any atom is -0.477 e. The Morgan fingerprint density at radius 2 is 2.21 bits per heavy atom. The van der Waals surface area contributed by atoms with Crippen LogP contribution >= 0.6 is 0 Å². The third kappa shape index (κ3) is 2.97. The lowest BCUT2D eigenvalue weighted by atomic mass is 9.86. The molecule has 1 saturated carbocycles. The van der Waals surface area contributed by atoms with Gasteiger partial charge >= 0.3 is 5.97 Å².